The first-order valence-corrected chi connectivity index (χ1v) is 17.2. The average Bonchev–Trinajstić information content (AvgIpc) is 2.70. The number of halogens is 3. The molecule has 0 N–H and O–H groups in total. The van der Waals surface area contributed by atoms with Gasteiger partial charge in [0.2, 0.25) is 9.04 Å². The van der Waals surface area contributed by atoms with Crippen molar-refractivity contribution >= 4 is 63.8 Å². The minimum Gasteiger partial charge on any atom is -0.463 e. The van der Waals surface area contributed by atoms with Crippen LogP contribution in [0.15, 0.2) is 67.2 Å². The van der Waals surface area contributed by atoms with Crippen molar-refractivity contribution in [3.8, 4) is 0 Å². The SMILES string of the molecule is C=C[SiH](C)O[SiH3].C=C[SiH](CCC(F)(F)F)O[SiH3].C=C[SiH](O[SiH3])c1ccccc1. The molecule has 28 heavy (non-hydrogen) atoms. The lowest BCUT2D eigenvalue weighted by atomic mass is 10.4. The van der Waals surface area contributed by atoms with E-state index in [0.29, 0.717) is 10.5 Å². The van der Waals surface area contributed by atoms with Crippen molar-refractivity contribution in [2.24, 2.45) is 0 Å². The van der Waals surface area contributed by atoms with Crippen LogP contribution in [0.1, 0.15) is 6.42 Å². The maximum atomic E-state index is 11.6. The van der Waals surface area contributed by atoms with E-state index in [1.165, 1.54) is 5.19 Å². The first-order chi connectivity index (χ1) is 13.2. The van der Waals surface area contributed by atoms with Gasteiger partial charge < -0.3 is 12.3 Å². The summed E-state index contributed by atoms with van der Waals surface area (Å²) >= 11 is 0. The van der Waals surface area contributed by atoms with E-state index in [-0.39, 0.29) is 6.04 Å². The highest BCUT2D eigenvalue weighted by Gasteiger charge is 2.27. The summed E-state index contributed by atoms with van der Waals surface area (Å²) in [4.78, 5) is 0. The van der Waals surface area contributed by atoms with E-state index in [2.05, 4.69) is 38.4 Å². The summed E-state index contributed by atoms with van der Waals surface area (Å²) in [5, 5.41) is 1.32. The van der Waals surface area contributed by atoms with Crippen LogP contribution in [0.25, 0.3) is 0 Å². The molecule has 0 amide bonds. The number of rotatable bonds is 9. The smallest absolute Gasteiger partial charge is 0.388 e. The van der Waals surface area contributed by atoms with E-state index in [4.69, 9.17) is 12.3 Å². The molecular formula is C16H33F3O3Si6. The fourth-order valence-corrected chi connectivity index (χ4v) is 7.81. The zero-order valence-electron chi connectivity index (χ0n) is 17.2. The van der Waals surface area contributed by atoms with Gasteiger partial charge in [0.15, 0.2) is 18.1 Å². The lowest BCUT2D eigenvalue weighted by Gasteiger charge is -2.10. The van der Waals surface area contributed by atoms with Crippen molar-refractivity contribution in [3.05, 3.63) is 67.2 Å². The molecule has 0 saturated heterocycles. The van der Waals surface area contributed by atoms with Gasteiger partial charge in [0.05, 0.1) is 0 Å². The molecule has 0 aromatic heterocycles. The summed E-state index contributed by atoms with van der Waals surface area (Å²) in [6.07, 6.45) is -4.79. The second kappa shape index (κ2) is 18.4. The molecule has 1 aromatic carbocycles. The highest BCUT2D eigenvalue weighted by molar-refractivity contribution is 6.74. The fraction of sp³-hybridized carbons (Fsp3) is 0.250. The van der Waals surface area contributed by atoms with E-state index in [0.717, 1.165) is 21.0 Å². The Kier molecular flexibility index (Phi) is 19.5. The van der Waals surface area contributed by atoms with Crippen molar-refractivity contribution < 1.29 is 25.5 Å². The first kappa shape index (κ1) is 29.6. The van der Waals surface area contributed by atoms with Crippen LogP contribution in [0.4, 0.5) is 13.2 Å². The number of hydrogen-bond donors (Lipinski definition) is 0. The standard InChI is InChI=1S/C8H12OSi2.C5H11F3OSi2.C3H10OSi2/c1-2-11(9-10)8-6-4-3-5-7-8;1-2-11(9-10)4-3-5(6,7)8;1-3-6(2)4-5/h2-7,11H,1H2,10H3;2,11H,1,3-4H2,10H3;3,6H,1H2,2,5H3. The summed E-state index contributed by atoms with van der Waals surface area (Å²) in [7, 11) is -1.56. The van der Waals surface area contributed by atoms with Gasteiger partial charge in [0.1, 0.15) is 31.5 Å². The summed E-state index contributed by atoms with van der Waals surface area (Å²) < 4.78 is 50.4. The lowest BCUT2D eigenvalue weighted by Crippen LogP contribution is -2.30. The van der Waals surface area contributed by atoms with Crippen LogP contribution in [-0.4, -0.2) is 64.8 Å². The molecule has 0 spiro atoms. The normalized spacial score (nSPS) is 13.9. The van der Waals surface area contributed by atoms with Gasteiger partial charge >= 0.3 is 6.18 Å². The highest BCUT2D eigenvalue weighted by Crippen LogP contribution is 2.22. The Hall–Kier alpha value is -0.589. The average molecular weight is 499 g/mol. The van der Waals surface area contributed by atoms with Crippen LogP contribution >= 0.6 is 0 Å². The predicted octanol–water partition coefficient (Wildman–Crippen LogP) is -0.313. The van der Waals surface area contributed by atoms with E-state index >= 15 is 0 Å². The van der Waals surface area contributed by atoms with Crippen LogP contribution in [0.5, 0.6) is 0 Å². The molecule has 3 unspecified atom stereocenters. The Morgan fingerprint density at radius 2 is 1.50 bits per heavy atom. The third-order valence-corrected chi connectivity index (χ3v) is 14.5. The summed E-state index contributed by atoms with van der Waals surface area (Å²) in [5.41, 5.74) is 5.42. The maximum Gasteiger partial charge on any atom is 0.388 e. The summed E-state index contributed by atoms with van der Waals surface area (Å²) in [5.74, 6) is 0. The van der Waals surface area contributed by atoms with Gasteiger partial charge in [-0.3, -0.25) is 0 Å². The molecule has 0 aliphatic rings. The minimum absolute atomic E-state index is 0.122. The van der Waals surface area contributed by atoms with Gasteiger partial charge in [-0.05, 0) is 17.8 Å². The van der Waals surface area contributed by atoms with Crippen LogP contribution in [-0.2, 0) is 12.3 Å². The number of alkyl halides is 3. The highest BCUT2D eigenvalue weighted by atomic mass is 28.3. The van der Waals surface area contributed by atoms with Gasteiger partial charge in [-0.2, -0.15) is 13.2 Å². The zero-order chi connectivity index (χ0) is 22.0. The molecule has 0 saturated carbocycles. The fourth-order valence-electron chi connectivity index (χ4n) is 1.75. The second-order valence-corrected chi connectivity index (χ2v) is 17.3. The largest absolute Gasteiger partial charge is 0.463 e. The van der Waals surface area contributed by atoms with Crippen LogP contribution in [0.2, 0.25) is 12.6 Å². The Bertz CT molecular complexity index is 534. The van der Waals surface area contributed by atoms with Crippen LogP contribution in [0, 0.1) is 0 Å². The Morgan fingerprint density at radius 3 is 1.79 bits per heavy atom. The van der Waals surface area contributed by atoms with Crippen molar-refractivity contribution in [3.63, 3.8) is 0 Å². The third-order valence-electron chi connectivity index (χ3n) is 3.58. The Morgan fingerprint density at radius 1 is 0.929 bits per heavy atom. The van der Waals surface area contributed by atoms with Crippen LogP contribution in [0.3, 0.4) is 0 Å². The molecule has 0 fully saturated rings. The monoisotopic (exact) mass is 498 g/mol. The van der Waals surface area contributed by atoms with Gasteiger partial charge in [-0.25, -0.2) is 0 Å². The molecule has 3 nitrogen and oxygen atoms in total. The van der Waals surface area contributed by atoms with Crippen molar-refractivity contribution in [1.29, 1.82) is 0 Å². The van der Waals surface area contributed by atoms with Gasteiger partial charge in [-0.15, -0.1) is 19.7 Å². The van der Waals surface area contributed by atoms with E-state index < -0.39 is 39.7 Å². The van der Waals surface area contributed by atoms with Gasteiger partial charge in [0, 0.05) is 6.42 Å². The molecule has 160 valence electrons. The molecule has 0 radical (unpaired) electrons. The van der Waals surface area contributed by atoms with E-state index in [1.807, 2.05) is 29.6 Å². The number of hydrogen-bond acceptors (Lipinski definition) is 3. The van der Waals surface area contributed by atoms with Crippen molar-refractivity contribution in [1.82, 2.24) is 0 Å². The predicted molar refractivity (Wildman–Crippen MR) is 133 cm³/mol. The molecule has 0 heterocycles. The topological polar surface area (TPSA) is 27.7 Å². The molecular weight excluding hydrogens is 466 g/mol. The quantitative estimate of drug-likeness (QED) is 0.437. The van der Waals surface area contributed by atoms with Gasteiger partial charge in [-0.1, -0.05) is 47.4 Å². The third kappa shape index (κ3) is 17.5. The Balaban J connectivity index is 0. The number of benzene rings is 1. The van der Waals surface area contributed by atoms with E-state index in [1.54, 1.807) is 5.70 Å². The van der Waals surface area contributed by atoms with Crippen molar-refractivity contribution in [2.75, 3.05) is 0 Å². The second-order valence-electron chi connectivity index (χ2n) is 5.64. The molecule has 3 atom stereocenters. The zero-order valence-corrected chi connectivity index (χ0v) is 26.7. The molecule has 0 bridgehead atoms. The molecule has 0 aliphatic heterocycles. The minimum atomic E-state index is -4.05. The van der Waals surface area contributed by atoms with Gasteiger partial charge in [0.25, 0.3) is 0 Å². The maximum absolute atomic E-state index is 11.6. The summed E-state index contributed by atoms with van der Waals surface area (Å²) in [6.45, 7) is 12.9. The first-order valence-electron chi connectivity index (χ1n) is 8.76. The van der Waals surface area contributed by atoms with Crippen molar-refractivity contribution in [2.45, 2.75) is 25.2 Å². The molecule has 1 rings (SSSR count). The molecule has 1 aromatic rings. The Labute approximate surface area is 181 Å². The van der Waals surface area contributed by atoms with Crippen LogP contribution < -0.4 is 5.19 Å². The summed E-state index contributed by atoms with van der Waals surface area (Å²) in [6, 6.07) is 10.4. The molecule has 12 heteroatoms. The lowest BCUT2D eigenvalue weighted by molar-refractivity contribution is -0.130. The van der Waals surface area contributed by atoms with E-state index in [9.17, 15) is 13.2 Å². The molecule has 0 aliphatic carbocycles.